The average Bonchev–Trinajstić information content (AvgIpc) is 2.74. The van der Waals surface area contributed by atoms with Crippen molar-refractivity contribution in [2.45, 2.75) is 32.0 Å². The number of carboxylic acids is 1. The maximum atomic E-state index is 13.4. The molecule has 0 aliphatic heterocycles. The predicted molar refractivity (Wildman–Crippen MR) is 112 cm³/mol. The molecule has 2 atom stereocenters. The Kier molecular flexibility index (Phi) is 8.42. The lowest BCUT2D eigenvalue weighted by Gasteiger charge is -2.36. The number of carbonyl (C=O) groups is 1. The second-order valence-corrected chi connectivity index (χ2v) is 9.25. The Morgan fingerprint density at radius 3 is 2.16 bits per heavy atom. The van der Waals surface area contributed by atoms with Crippen molar-refractivity contribution in [2.75, 3.05) is 19.4 Å². The van der Waals surface area contributed by atoms with Crippen LogP contribution in [0.5, 0.6) is 0 Å². The van der Waals surface area contributed by atoms with Gasteiger partial charge in [-0.1, -0.05) is 56.3 Å². The van der Waals surface area contributed by atoms with Crippen LogP contribution in [0.3, 0.4) is 0 Å². The molecule has 0 heterocycles. The van der Waals surface area contributed by atoms with E-state index in [1.54, 1.807) is 44.2 Å². The summed E-state index contributed by atoms with van der Waals surface area (Å²) in [6.45, 7) is 3.19. The number of benzene rings is 2. The Morgan fingerprint density at radius 1 is 1.00 bits per heavy atom. The van der Waals surface area contributed by atoms with Gasteiger partial charge in [0.05, 0.1) is 5.56 Å². The molecule has 3 N–H and O–H groups in total. The van der Waals surface area contributed by atoms with Crippen LogP contribution in [-0.2, 0) is 25.9 Å². The highest BCUT2D eigenvalue weighted by Gasteiger charge is 2.39. The summed E-state index contributed by atoms with van der Waals surface area (Å²) in [5.74, 6) is -1.19. The molecule has 31 heavy (non-hydrogen) atoms. The number of rotatable bonds is 11. The highest BCUT2D eigenvalue weighted by Crippen LogP contribution is 2.44. The summed E-state index contributed by atoms with van der Waals surface area (Å²) in [5, 5.41) is 14.1. The second-order valence-electron chi connectivity index (χ2n) is 6.88. The Hall–Kier alpha value is -2.19. The number of aliphatic carboxylic acids is 1. The molecule has 2 unspecified atom stereocenters. The normalized spacial score (nSPS) is 15.8. The SMILES string of the molecule is CCNP(=O)(COC(CC)(c1ccccc1)c1cccc(C(F)(F)F)c1)NCC(=O)O. The van der Waals surface area contributed by atoms with E-state index in [0.29, 0.717) is 5.56 Å². The molecule has 0 saturated carbocycles. The summed E-state index contributed by atoms with van der Waals surface area (Å²) < 4.78 is 59.4. The fourth-order valence-electron chi connectivity index (χ4n) is 3.30. The van der Waals surface area contributed by atoms with E-state index in [1.807, 2.05) is 0 Å². The van der Waals surface area contributed by atoms with Crippen molar-refractivity contribution in [2.24, 2.45) is 0 Å². The van der Waals surface area contributed by atoms with E-state index in [2.05, 4.69) is 10.2 Å². The maximum absolute atomic E-state index is 13.4. The lowest BCUT2D eigenvalue weighted by Crippen LogP contribution is -2.35. The van der Waals surface area contributed by atoms with Crippen LogP contribution >= 0.6 is 7.44 Å². The van der Waals surface area contributed by atoms with Crippen molar-refractivity contribution in [1.82, 2.24) is 10.2 Å². The molecule has 0 radical (unpaired) electrons. The summed E-state index contributed by atoms with van der Waals surface area (Å²) >= 11 is 0. The van der Waals surface area contributed by atoms with Gasteiger partial charge >= 0.3 is 12.1 Å². The largest absolute Gasteiger partial charge is 0.480 e. The molecular formula is C21H26F3N2O4P. The van der Waals surface area contributed by atoms with E-state index >= 15 is 0 Å². The smallest absolute Gasteiger partial charge is 0.416 e. The number of hydrogen-bond donors (Lipinski definition) is 3. The van der Waals surface area contributed by atoms with E-state index in [1.165, 1.54) is 12.1 Å². The van der Waals surface area contributed by atoms with Crippen LogP contribution in [0.4, 0.5) is 13.2 Å². The average molecular weight is 458 g/mol. The molecule has 0 bridgehead atoms. The van der Waals surface area contributed by atoms with Crippen LogP contribution in [0.1, 0.15) is 37.0 Å². The lowest BCUT2D eigenvalue weighted by atomic mass is 9.83. The first-order chi connectivity index (χ1) is 14.6. The number of halogens is 3. The predicted octanol–water partition coefficient (Wildman–Crippen LogP) is 4.81. The molecular weight excluding hydrogens is 432 g/mol. The Balaban J connectivity index is 2.51. The number of alkyl halides is 3. The lowest BCUT2D eigenvalue weighted by molar-refractivity contribution is -0.138. The van der Waals surface area contributed by atoms with E-state index < -0.39 is 43.6 Å². The molecule has 0 fully saturated rings. The molecule has 2 aromatic carbocycles. The fraction of sp³-hybridized carbons (Fsp3) is 0.381. The third-order valence-corrected chi connectivity index (χ3v) is 6.77. The molecule has 0 saturated heterocycles. The maximum Gasteiger partial charge on any atom is 0.416 e. The van der Waals surface area contributed by atoms with Crippen LogP contribution in [0, 0.1) is 0 Å². The molecule has 0 amide bonds. The summed E-state index contributed by atoms with van der Waals surface area (Å²) in [6.07, 6.45) is -4.70. The molecule has 2 aromatic rings. The molecule has 0 aromatic heterocycles. The van der Waals surface area contributed by atoms with Crippen molar-refractivity contribution in [3.8, 4) is 0 Å². The van der Waals surface area contributed by atoms with E-state index in [9.17, 15) is 22.5 Å². The third kappa shape index (κ3) is 6.40. The summed E-state index contributed by atoms with van der Waals surface area (Å²) in [4.78, 5) is 10.9. The van der Waals surface area contributed by atoms with Crippen LogP contribution in [0.15, 0.2) is 54.6 Å². The third-order valence-electron chi connectivity index (χ3n) is 4.79. The first-order valence-corrected chi connectivity index (χ1v) is 11.6. The van der Waals surface area contributed by atoms with Crippen molar-refractivity contribution >= 4 is 13.4 Å². The molecule has 6 nitrogen and oxygen atoms in total. The zero-order valence-electron chi connectivity index (χ0n) is 17.3. The number of hydrogen-bond acceptors (Lipinski definition) is 3. The summed E-state index contributed by atoms with van der Waals surface area (Å²) in [5.41, 5.74) is -1.28. The van der Waals surface area contributed by atoms with Crippen LogP contribution in [0.25, 0.3) is 0 Å². The number of carboxylic acid groups (broad SMARTS) is 1. The monoisotopic (exact) mass is 458 g/mol. The van der Waals surface area contributed by atoms with E-state index in [4.69, 9.17) is 9.84 Å². The first-order valence-electron chi connectivity index (χ1n) is 9.74. The molecule has 0 aliphatic carbocycles. The van der Waals surface area contributed by atoms with Gasteiger partial charge in [0.15, 0.2) is 0 Å². The van der Waals surface area contributed by atoms with Crippen molar-refractivity contribution in [3.63, 3.8) is 0 Å². The van der Waals surface area contributed by atoms with Gasteiger partial charge in [0.1, 0.15) is 18.5 Å². The van der Waals surface area contributed by atoms with Gasteiger partial charge < -0.3 is 9.84 Å². The molecule has 0 spiro atoms. The van der Waals surface area contributed by atoms with Gasteiger partial charge in [-0.25, -0.2) is 5.09 Å². The topological polar surface area (TPSA) is 87.7 Å². The van der Waals surface area contributed by atoms with Gasteiger partial charge in [-0.15, -0.1) is 0 Å². The van der Waals surface area contributed by atoms with E-state index in [-0.39, 0.29) is 18.5 Å². The van der Waals surface area contributed by atoms with Crippen LogP contribution in [0.2, 0.25) is 0 Å². The summed E-state index contributed by atoms with van der Waals surface area (Å²) in [7, 11) is -3.49. The quantitative estimate of drug-likeness (QED) is 0.419. The number of ether oxygens (including phenoxy) is 1. The Labute approximate surface area is 179 Å². The molecule has 2 rings (SSSR count). The van der Waals surface area contributed by atoms with Crippen molar-refractivity contribution in [3.05, 3.63) is 71.3 Å². The van der Waals surface area contributed by atoms with Gasteiger partial charge in [-0.2, -0.15) is 13.2 Å². The summed E-state index contributed by atoms with van der Waals surface area (Å²) in [6, 6.07) is 13.6. The Bertz CT molecular complexity index is 924. The van der Waals surface area contributed by atoms with Gasteiger partial charge in [0.2, 0.25) is 7.44 Å². The molecule has 10 heteroatoms. The second kappa shape index (κ2) is 10.4. The van der Waals surface area contributed by atoms with Crippen molar-refractivity contribution < 1.29 is 32.4 Å². The fourth-order valence-corrected chi connectivity index (χ4v) is 4.89. The minimum Gasteiger partial charge on any atom is -0.480 e. The molecule has 0 aliphatic rings. The highest BCUT2D eigenvalue weighted by atomic mass is 31.2. The van der Waals surface area contributed by atoms with Crippen LogP contribution < -0.4 is 10.2 Å². The standard InChI is InChI=1S/C21H26F3N2O4P/c1-3-20(16-9-6-5-7-10-16,17-11-8-12-18(13-17)21(22,23)24)30-15-31(29,25-4-2)26-14-19(27)28/h5-13H,3-4,14-15H2,1-2H3,(H,27,28)(H2,25,26,29). The highest BCUT2D eigenvalue weighted by molar-refractivity contribution is 7.59. The minimum absolute atomic E-state index is 0.253. The minimum atomic E-state index is -4.53. The Morgan fingerprint density at radius 2 is 1.61 bits per heavy atom. The number of nitrogens with one attached hydrogen (secondary N) is 2. The van der Waals surface area contributed by atoms with Gasteiger partial charge in [-0.05, 0) is 29.7 Å². The zero-order chi connectivity index (χ0) is 23.1. The first kappa shape index (κ1) is 25.1. The van der Waals surface area contributed by atoms with E-state index in [0.717, 1.165) is 12.1 Å². The van der Waals surface area contributed by atoms with Gasteiger partial charge in [0.25, 0.3) is 0 Å². The van der Waals surface area contributed by atoms with Crippen LogP contribution in [-0.4, -0.2) is 30.5 Å². The van der Waals surface area contributed by atoms with Crippen molar-refractivity contribution in [1.29, 1.82) is 0 Å². The zero-order valence-corrected chi connectivity index (χ0v) is 18.2. The van der Waals surface area contributed by atoms with Gasteiger partial charge in [0, 0.05) is 6.54 Å². The molecule has 170 valence electrons. The van der Waals surface area contributed by atoms with Gasteiger partial charge in [-0.3, -0.25) is 14.4 Å².